The van der Waals surface area contributed by atoms with Gasteiger partial charge in [0, 0.05) is 19.3 Å². The highest BCUT2D eigenvalue weighted by Crippen LogP contribution is 2.15. The molecule has 0 spiro atoms. The van der Waals surface area contributed by atoms with E-state index in [1.807, 2.05) is 0 Å². The molecule has 0 bridgehead atoms. The molecule has 0 fully saturated rings. The molecule has 0 aliphatic rings. The molecule has 0 aromatic rings. The largest absolute Gasteiger partial charge is 0.462 e. The summed E-state index contributed by atoms with van der Waals surface area (Å²) in [5.74, 6) is -0.942. The minimum absolute atomic E-state index is 0.0880. The molecule has 0 amide bonds. The predicted molar refractivity (Wildman–Crippen MR) is 256 cm³/mol. The van der Waals surface area contributed by atoms with Gasteiger partial charge in [0.1, 0.15) is 13.2 Å². The van der Waals surface area contributed by atoms with E-state index in [0.717, 1.165) is 64.2 Å². The second kappa shape index (κ2) is 49.0. The van der Waals surface area contributed by atoms with Gasteiger partial charge in [-0.25, -0.2) is 0 Å². The zero-order valence-corrected chi connectivity index (χ0v) is 39.7. The summed E-state index contributed by atoms with van der Waals surface area (Å²) in [6.45, 7) is 6.47. The molecule has 0 radical (unpaired) electrons. The fourth-order valence-corrected chi connectivity index (χ4v) is 7.23. The molecule has 0 saturated heterocycles. The Kier molecular flexibility index (Phi) is 46.9. The van der Waals surface area contributed by atoms with Crippen LogP contribution < -0.4 is 0 Å². The molecular formula is C54H96O6. The summed E-state index contributed by atoms with van der Waals surface area (Å²) in [5.41, 5.74) is 0. The van der Waals surface area contributed by atoms with Crippen molar-refractivity contribution in [2.75, 3.05) is 13.2 Å². The van der Waals surface area contributed by atoms with E-state index in [9.17, 15) is 14.4 Å². The molecule has 348 valence electrons. The number of hydrogen-bond donors (Lipinski definition) is 0. The number of esters is 3. The molecule has 0 heterocycles. The lowest BCUT2D eigenvalue weighted by Crippen LogP contribution is -2.30. The Morgan fingerprint density at radius 1 is 0.350 bits per heavy atom. The average molecular weight is 841 g/mol. The van der Waals surface area contributed by atoms with Crippen molar-refractivity contribution in [3.63, 3.8) is 0 Å². The minimum Gasteiger partial charge on any atom is -0.462 e. The van der Waals surface area contributed by atoms with Crippen LogP contribution in [0.5, 0.6) is 0 Å². The molecule has 0 aromatic carbocycles. The van der Waals surface area contributed by atoms with E-state index in [4.69, 9.17) is 14.2 Å². The van der Waals surface area contributed by atoms with Crippen molar-refractivity contribution < 1.29 is 28.6 Å². The van der Waals surface area contributed by atoms with E-state index in [1.165, 1.54) is 148 Å². The van der Waals surface area contributed by atoms with Gasteiger partial charge in [-0.2, -0.15) is 0 Å². The Morgan fingerprint density at radius 2 is 0.667 bits per heavy atom. The number of rotatable bonds is 46. The topological polar surface area (TPSA) is 78.9 Å². The van der Waals surface area contributed by atoms with Gasteiger partial charge in [0.25, 0.3) is 0 Å². The Labute approximate surface area is 371 Å². The van der Waals surface area contributed by atoms with E-state index in [2.05, 4.69) is 69.4 Å². The van der Waals surface area contributed by atoms with Crippen molar-refractivity contribution >= 4 is 17.9 Å². The van der Waals surface area contributed by atoms with Crippen LogP contribution in [0, 0.1) is 0 Å². The molecule has 60 heavy (non-hydrogen) atoms. The van der Waals surface area contributed by atoms with Gasteiger partial charge in [0.2, 0.25) is 0 Å². The zero-order valence-electron chi connectivity index (χ0n) is 39.7. The van der Waals surface area contributed by atoms with Crippen LogP contribution in [0.3, 0.4) is 0 Å². The van der Waals surface area contributed by atoms with Crippen molar-refractivity contribution in [2.24, 2.45) is 0 Å². The Morgan fingerprint density at radius 3 is 1.12 bits per heavy atom. The van der Waals surface area contributed by atoms with Crippen LogP contribution in [0.25, 0.3) is 0 Å². The van der Waals surface area contributed by atoms with Crippen LogP contribution in [0.4, 0.5) is 0 Å². The lowest BCUT2D eigenvalue weighted by molar-refractivity contribution is -0.167. The average Bonchev–Trinajstić information content (AvgIpc) is 3.24. The first-order valence-corrected chi connectivity index (χ1v) is 25.6. The SMILES string of the molecule is CC/C=C\C/C=C\C/C=C\CCCC(=O)OCC(COC(=O)CCCCCCCCCCCCCCCCCC)OC(=O)CCCCCCCCC/C=C\CCCCCC. The summed E-state index contributed by atoms with van der Waals surface area (Å²) in [6, 6.07) is 0. The normalized spacial score (nSPS) is 12.4. The van der Waals surface area contributed by atoms with Crippen molar-refractivity contribution in [1.82, 2.24) is 0 Å². The Balaban J connectivity index is 4.38. The van der Waals surface area contributed by atoms with E-state index in [-0.39, 0.29) is 37.5 Å². The van der Waals surface area contributed by atoms with Gasteiger partial charge in [0.05, 0.1) is 0 Å². The first-order valence-electron chi connectivity index (χ1n) is 25.6. The molecule has 6 nitrogen and oxygen atoms in total. The van der Waals surface area contributed by atoms with E-state index in [0.29, 0.717) is 19.3 Å². The molecule has 0 saturated carbocycles. The van der Waals surface area contributed by atoms with Gasteiger partial charge in [-0.3, -0.25) is 14.4 Å². The fraction of sp³-hybridized carbons (Fsp3) is 0.796. The van der Waals surface area contributed by atoms with E-state index < -0.39 is 6.10 Å². The number of carbonyl (C=O) groups excluding carboxylic acids is 3. The van der Waals surface area contributed by atoms with Crippen molar-refractivity contribution in [2.45, 2.75) is 264 Å². The van der Waals surface area contributed by atoms with Gasteiger partial charge in [0.15, 0.2) is 6.10 Å². The smallest absolute Gasteiger partial charge is 0.306 e. The molecule has 0 rings (SSSR count). The molecule has 0 aliphatic carbocycles. The Bertz CT molecular complexity index is 1060. The van der Waals surface area contributed by atoms with Gasteiger partial charge in [-0.15, -0.1) is 0 Å². The maximum absolute atomic E-state index is 12.8. The fourth-order valence-electron chi connectivity index (χ4n) is 7.23. The van der Waals surface area contributed by atoms with Gasteiger partial charge < -0.3 is 14.2 Å². The predicted octanol–water partition coefficient (Wildman–Crippen LogP) is 16.7. The van der Waals surface area contributed by atoms with Crippen LogP contribution in [0.15, 0.2) is 48.6 Å². The van der Waals surface area contributed by atoms with Crippen LogP contribution in [0.2, 0.25) is 0 Å². The van der Waals surface area contributed by atoms with E-state index >= 15 is 0 Å². The molecule has 1 atom stereocenters. The summed E-state index contributed by atoms with van der Waals surface area (Å²) in [7, 11) is 0. The number of unbranched alkanes of at least 4 members (excludes halogenated alkanes) is 27. The lowest BCUT2D eigenvalue weighted by atomic mass is 10.0. The number of allylic oxidation sites excluding steroid dienone is 8. The molecule has 0 aromatic heterocycles. The first kappa shape index (κ1) is 57.4. The van der Waals surface area contributed by atoms with Crippen molar-refractivity contribution in [1.29, 1.82) is 0 Å². The van der Waals surface area contributed by atoms with Crippen LogP contribution in [-0.4, -0.2) is 37.2 Å². The van der Waals surface area contributed by atoms with Crippen molar-refractivity contribution in [3.05, 3.63) is 48.6 Å². The number of hydrogen-bond acceptors (Lipinski definition) is 6. The highest BCUT2D eigenvalue weighted by atomic mass is 16.6. The molecule has 6 heteroatoms. The first-order chi connectivity index (χ1) is 29.5. The highest BCUT2D eigenvalue weighted by Gasteiger charge is 2.19. The summed E-state index contributed by atoms with van der Waals surface area (Å²) in [5, 5.41) is 0. The quantitative estimate of drug-likeness (QED) is 0.0263. The highest BCUT2D eigenvalue weighted by molar-refractivity contribution is 5.71. The van der Waals surface area contributed by atoms with Gasteiger partial charge in [-0.1, -0.05) is 217 Å². The summed E-state index contributed by atoms with van der Waals surface area (Å²) in [4.78, 5) is 37.9. The molecule has 0 aliphatic heterocycles. The second-order valence-electron chi connectivity index (χ2n) is 17.1. The second-order valence-corrected chi connectivity index (χ2v) is 17.1. The van der Waals surface area contributed by atoms with Crippen LogP contribution >= 0.6 is 0 Å². The molecular weight excluding hydrogens is 745 g/mol. The zero-order chi connectivity index (χ0) is 43.7. The summed E-state index contributed by atoms with van der Waals surface area (Å²) in [6.07, 6.45) is 58.2. The number of ether oxygens (including phenoxy) is 3. The third-order valence-corrected chi connectivity index (χ3v) is 11.1. The summed E-state index contributed by atoms with van der Waals surface area (Å²) >= 11 is 0. The third kappa shape index (κ3) is 46.4. The third-order valence-electron chi connectivity index (χ3n) is 11.1. The summed E-state index contributed by atoms with van der Waals surface area (Å²) < 4.78 is 16.7. The Hall–Kier alpha value is -2.63. The van der Waals surface area contributed by atoms with Gasteiger partial charge >= 0.3 is 17.9 Å². The van der Waals surface area contributed by atoms with Crippen molar-refractivity contribution in [3.8, 4) is 0 Å². The lowest BCUT2D eigenvalue weighted by Gasteiger charge is -2.18. The van der Waals surface area contributed by atoms with Crippen LogP contribution in [0.1, 0.15) is 258 Å². The maximum Gasteiger partial charge on any atom is 0.306 e. The molecule has 1 unspecified atom stereocenters. The van der Waals surface area contributed by atoms with Crippen LogP contribution in [-0.2, 0) is 28.6 Å². The number of carbonyl (C=O) groups is 3. The maximum atomic E-state index is 12.8. The minimum atomic E-state index is -0.791. The van der Waals surface area contributed by atoms with E-state index in [1.54, 1.807) is 0 Å². The standard InChI is InChI=1S/C54H96O6/c1-4-7-10-13-16-19-22-24-26-28-29-32-35-38-41-44-47-53(56)59-50-51(49-58-52(55)46-43-40-37-34-31-21-18-15-12-9-6-3)60-54(57)48-45-42-39-36-33-30-27-25-23-20-17-14-11-8-5-2/h9,12,18,20-21,23,34,37,51H,4-8,10-11,13-17,19,22,24-33,35-36,38-50H2,1-3H3/b12-9-,21-18-,23-20-,37-34-. The molecule has 0 N–H and O–H groups in total. The monoisotopic (exact) mass is 841 g/mol. The van der Waals surface area contributed by atoms with Gasteiger partial charge in [-0.05, 0) is 70.6 Å².